The SMILES string of the molecule is Cc1ncc(C(F)(F)F)nc1N1CCC2(CCN(c3cnc4cnn(CC(F)F)c4n3)CC2)C1=O. The quantitative estimate of drug-likeness (QED) is 0.512. The second-order valence-corrected chi connectivity index (χ2v) is 8.79. The van der Waals surface area contributed by atoms with Crippen molar-refractivity contribution >= 4 is 28.7 Å². The van der Waals surface area contributed by atoms with Crippen molar-refractivity contribution in [1.29, 1.82) is 0 Å². The van der Waals surface area contributed by atoms with Crippen molar-refractivity contribution in [3.05, 3.63) is 30.0 Å². The lowest BCUT2D eigenvalue weighted by Crippen LogP contribution is -2.45. The first-order valence-electron chi connectivity index (χ1n) is 11.0. The summed E-state index contributed by atoms with van der Waals surface area (Å²) in [6.07, 6.45) is -2.24. The molecule has 0 radical (unpaired) electrons. The Bertz CT molecular complexity index is 1270. The summed E-state index contributed by atoms with van der Waals surface area (Å²) in [5, 5.41) is 3.92. The Morgan fingerprint density at radius 2 is 1.74 bits per heavy atom. The molecule has 2 saturated heterocycles. The summed E-state index contributed by atoms with van der Waals surface area (Å²) in [5.41, 5.74) is -0.938. The van der Waals surface area contributed by atoms with Crippen LogP contribution in [0.2, 0.25) is 0 Å². The third-order valence-corrected chi connectivity index (χ3v) is 6.68. The van der Waals surface area contributed by atoms with Crippen LogP contribution in [0.1, 0.15) is 30.7 Å². The molecule has 1 amide bonds. The van der Waals surface area contributed by atoms with Gasteiger partial charge in [-0.15, -0.1) is 0 Å². The summed E-state index contributed by atoms with van der Waals surface area (Å²) in [4.78, 5) is 32.8. The van der Waals surface area contributed by atoms with Gasteiger partial charge in [-0.25, -0.2) is 28.4 Å². The Hall–Kier alpha value is -3.45. The number of halogens is 5. The first-order chi connectivity index (χ1) is 16.6. The zero-order chi connectivity index (χ0) is 25.0. The van der Waals surface area contributed by atoms with Crippen LogP contribution in [0.25, 0.3) is 11.2 Å². The molecule has 0 saturated carbocycles. The number of amides is 1. The molecule has 186 valence electrons. The minimum Gasteiger partial charge on any atom is -0.355 e. The van der Waals surface area contributed by atoms with Gasteiger partial charge in [0.15, 0.2) is 17.2 Å². The van der Waals surface area contributed by atoms with Gasteiger partial charge in [0.2, 0.25) is 5.91 Å². The van der Waals surface area contributed by atoms with Gasteiger partial charge < -0.3 is 4.90 Å². The van der Waals surface area contributed by atoms with Crippen molar-refractivity contribution in [2.24, 2.45) is 5.41 Å². The van der Waals surface area contributed by atoms with Gasteiger partial charge in [-0.05, 0) is 26.2 Å². The average Bonchev–Trinajstić information content (AvgIpc) is 3.34. The summed E-state index contributed by atoms with van der Waals surface area (Å²) in [6.45, 7) is 2.10. The van der Waals surface area contributed by atoms with Crippen LogP contribution in [0, 0.1) is 12.3 Å². The minimum absolute atomic E-state index is 0.0623. The second-order valence-electron chi connectivity index (χ2n) is 8.79. The van der Waals surface area contributed by atoms with Crippen molar-refractivity contribution < 1.29 is 26.7 Å². The molecule has 3 aromatic heterocycles. The third kappa shape index (κ3) is 4.14. The largest absolute Gasteiger partial charge is 0.434 e. The normalized spacial score (nSPS) is 18.4. The zero-order valence-corrected chi connectivity index (χ0v) is 18.6. The van der Waals surface area contributed by atoms with Crippen molar-refractivity contribution in [2.75, 3.05) is 29.4 Å². The van der Waals surface area contributed by atoms with Gasteiger partial charge in [0.05, 0.1) is 29.7 Å². The molecule has 35 heavy (non-hydrogen) atoms. The van der Waals surface area contributed by atoms with Gasteiger partial charge in [0.1, 0.15) is 17.9 Å². The van der Waals surface area contributed by atoms with E-state index in [1.54, 1.807) is 6.20 Å². The highest BCUT2D eigenvalue weighted by molar-refractivity contribution is 5.99. The third-order valence-electron chi connectivity index (χ3n) is 6.68. The van der Waals surface area contributed by atoms with E-state index in [-0.39, 0.29) is 29.6 Å². The first kappa shape index (κ1) is 23.3. The van der Waals surface area contributed by atoms with E-state index in [1.165, 1.54) is 18.0 Å². The smallest absolute Gasteiger partial charge is 0.355 e. The summed E-state index contributed by atoms with van der Waals surface area (Å²) < 4.78 is 66.2. The monoisotopic (exact) mass is 496 g/mol. The van der Waals surface area contributed by atoms with Crippen LogP contribution in [0.15, 0.2) is 18.6 Å². The molecule has 0 bridgehead atoms. The molecular formula is C21H21F5N8O. The van der Waals surface area contributed by atoms with Crippen LogP contribution in [0.3, 0.4) is 0 Å². The Balaban J connectivity index is 1.33. The number of alkyl halides is 5. The van der Waals surface area contributed by atoms with Crippen LogP contribution in [-0.4, -0.2) is 61.7 Å². The van der Waals surface area contributed by atoms with Gasteiger partial charge in [-0.1, -0.05) is 0 Å². The summed E-state index contributed by atoms with van der Waals surface area (Å²) in [6, 6.07) is 0. The number of piperidine rings is 1. The zero-order valence-electron chi connectivity index (χ0n) is 18.6. The van der Waals surface area contributed by atoms with Gasteiger partial charge >= 0.3 is 6.18 Å². The molecule has 3 aromatic rings. The van der Waals surface area contributed by atoms with E-state index < -0.39 is 30.3 Å². The van der Waals surface area contributed by atoms with Crippen molar-refractivity contribution in [1.82, 2.24) is 29.7 Å². The van der Waals surface area contributed by atoms with Crippen LogP contribution in [0.5, 0.6) is 0 Å². The van der Waals surface area contributed by atoms with E-state index in [9.17, 15) is 26.7 Å². The predicted octanol–water partition coefficient (Wildman–Crippen LogP) is 3.23. The fourth-order valence-electron chi connectivity index (χ4n) is 4.74. The molecule has 2 fully saturated rings. The molecule has 0 aliphatic carbocycles. The van der Waals surface area contributed by atoms with Gasteiger partial charge in [-0.2, -0.15) is 18.3 Å². The molecule has 2 aliphatic rings. The Labute approximate surface area is 196 Å². The lowest BCUT2D eigenvalue weighted by Gasteiger charge is -2.38. The lowest BCUT2D eigenvalue weighted by molar-refractivity contribution is -0.141. The number of anilines is 2. The Morgan fingerprint density at radius 3 is 2.43 bits per heavy atom. The Kier molecular flexibility index (Phi) is 5.55. The molecule has 0 N–H and O–H groups in total. The van der Waals surface area contributed by atoms with E-state index in [0.29, 0.717) is 49.9 Å². The van der Waals surface area contributed by atoms with Gasteiger partial charge in [-0.3, -0.25) is 14.7 Å². The standard InChI is InChI=1S/C21H21F5N8O/c1-12-17(30-14(9-27-12)21(24,25)26)33-7-4-20(19(33)35)2-5-32(6-3-20)16-10-28-13-8-29-34(11-15(22)23)18(13)31-16/h8-10,15H,2-7,11H2,1H3. The average molecular weight is 496 g/mol. The highest BCUT2D eigenvalue weighted by atomic mass is 19.4. The topological polar surface area (TPSA) is 92.9 Å². The van der Waals surface area contributed by atoms with Crippen LogP contribution < -0.4 is 9.80 Å². The number of carbonyl (C=O) groups excluding carboxylic acids is 1. The number of aromatic nitrogens is 6. The highest BCUT2D eigenvalue weighted by Gasteiger charge is 2.49. The Morgan fingerprint density at radius 1 is 1.03 bits per heavy atom. The van der Waals surface area contributed by atoms with E-state index in [1.807, 2.05) is 4.90 Å². The maximum atomic E-state index is 13.4. The predicted molar refractivity (Wildman–Crippen MR) is 114 cm³/mol. The molecule has 0 unspecified atom stereocenters. The number of hydrogen-bond donors (Lipinski definition) is 0. The van der Waals surface area contributed by atoms with Gasteiger partial charge in [0, 0.05) is 19.6 Å². The van der Waals surface area contributed by atoms with E-state index in [0.717, 1.165) is 4.68 Å². The van der Waals surface area contributed by atoms with E-state index in [2.05, 4.69) is 25.0 Å². The number of nitrogens with zero attached hydrogens (tertiary/aromatic N) is 8. The number of rotatable bonds is 4. The number of aryl methyl sites for hydroxylation is 1. The number of carbonyl (C=O) groups is 1. The molecule has 1 spiro atoms. The second kappa shape index (κ2) is 8.34. The maximum absolute atomic E-state index is 13.4. The molecule has 5 rings (SSSR count). The molecular weight excluding hydrogens is 475 g/mol. The highest BCUT2D eigenvalue weighted by Crippen LogP contribution is 2.44. The van der Waals surface area contributed by atoms with Crippen molar-refractivity contribution in [3.63, 3.8) is 0 Å². The fourth-order valence-corrected chi connectivity index (χ4v) is 4.74. The summed E-state index contributed by atoms with van der Waals surface area (Å²) in [7, 11) is 0. The first-order valence-corrected chi connectivity index (χ1v) is 11.0. The van der Waals surface area contributed by atoms with Crippen LogP contribution in [0.4, 0.5) is 33.6 Å². The maximum Gasteiger partial charge on any atom is 0.434 e. The van der Waals surface area contributed by atoms with E-state index >= 15 is 0 Å². The molecule has 2 aliphatic heterocycles. The van der Waals surface area contributed by atoms with E-state index in [4.69, 9.17) is 0 Å². The van der Waals surface area contributed by atoms with Crippen molar-refractivity contribution in [2.45, 2.75) is 45.3 Å². The molecule has 0 atom stereocenters. The molecule has 5 heterocycles. The number of hydrogen-bond acceptors (Lipinski definition) is 7. The molecule has 9 nitrogen and oxygen atoms in total. The summed E-state index contributed by atoms with van der Waals surface area (Å²) in [5.74, 6) is 0.170. The van der Waals surface area contributed by atoms with Crippen molar-refractivity contribution in [3.8, 4) is 0 Å². The summed E-state index contributed by atoms with van der Waals surface area (Å²) >= 11 is 0. The van der Waals surface area contributed by atoms with Crippen LogP contribution >= 0.6 is 0 Å². The minimum atomic E-state index is -4.66. The molecule has 14 heteroatoms. The number of fused-ring (bicyclic) bond motifs is 1. The molecule has 0 aromatic carbocycles. The van der Waals surface area contributed by atoms with Crippen LogP contribution in [-0.2, 0) is 17.5 Å². The fraction of sp³-hybridized carbons (Fsp3) is 0.524. The van der Waals surface area contributed by atoms with Gasteiger partial charge in [0.25, 0.3) is 6.43 Å². The lowest BCUT2D eigenvalue weighted by atomic mass is 9.77.